The van der Waals surface area contributed by atoms with E-state index in [0.717, 1.165) is 11.3 Å². The van der Waals surface area contributed by atoms with Gasteiger partial charge in [-0.3, -0.25) is 0 Å². The number of hydrogen-bond acceptors (Lipinski definition) is 4. The lowest BCUT2D eigenvalue weighted by molar-refractivity contribution is 0.489. The number of thioether (sulfide) groups is 1. The van der Waals surface area contributed by atoms with E-state index < -0.39 is 0 Å². The largest absolute Gasteiger partial charge is 0.430 e. The average molecular weight is 256 g/mol. The van der Waals surface area contributed by atoms with E-state index >= 15 is 0 Å². The first kappa shape index (κ1) is 11.3. The van der Waals surface area contributed by atoms with Gasteiger partial charge in [-0.2, -0.15) is 4.98 Å². The van der Waals surface area contributed by atoms with E-state index in [1.807, 2.05) is 12.1 Å². The van der Waals surface area contributed by atoms with Gasteiger partial charge >= 0.3 is 0 Å². The van der Waals surface area contributed by atoms with Crippen LogP contribution in [0.1, 0.15) is 11.1 Å². The molecule has 3 aromatic rings. The fourth-order valence-electron chi connectivity index (χ4n) is 1.76. The van der Waals surface area contributed by atoms with Crippen LogP contribution in [-0.2, 0) is 5.75 Å². The summed E-state index contributed by atoms with van der Waals surface area (Å²) in [4.78, 5) is 8.49. The number of pyridine rings is 1. The SMILES string of the molecule is Cc1cccc(CSc2nc3ncccc3o2)c1. The Balaban J connectivity index is 1.76. The topological polar surface area (TPSA) is 38.9 Å². The average Bonchev–Trinajstić information content (AvgIpc) is 2.79. The Bertz CT molecular complexity index is 645. The summed E-state index contributed by atoms with van der Waals surface area (Å²) in [6, 6.07) is 12.2. The minimum atomic E-state index is 0.671. The third kappa shape index (κ3) is 2.38. The van der Waals surface area contributed by atoms with E-state index in [2.05, 4.69) is 41.2 Å². The Labute approximate surface area is 109 Å². The van der Waals surface area contributed by atoms with Gasteiger partial charge in [-0.1, -0.05) is 41.6 Å². The zero-order valence-corrected chi connectivity index (χ0v) is 10.8. The van der Waals surface area contributed by atoms with Gasteiger partial charge in [-0.25, -0.2) is 4.98 Å². The van der Waals surface area contributed by atoms with Crippen molar-refractivity contribution in [3.8, 4) is 0 Å². The molecule has 2 aromatic heterocycles. The van der Waals surface area contributed by atoms with Gasteiger partial charge in [-0.15, -0.1) is 0 Å². The standard InChI is InChI=1S/C14H12N2OS/c1-10-4-2-5-11(8-10)9-18-14-16-13-12(17-14)6-3-7-15-13/h2-8H,9H2,1H3. The Morgan fingerprint density at radius 3 is 3.00 bits per heavy atom. The number of fused-ring (bicyclic) bond motifs is 1. The lowest BCUT2D eigenvalue weighted by Gasteiger charge is -1.99. The summed E-state index contributed by atoms with van der Waals surface area (Å²) in [6.07, 6.45) is 1.72. The van der Waals surface area contributed by atoms with Crippen molar-refractivity contribution in [2.24, 2.45) is 0 Å². The van der Waals surface area contributed by atoms with Crippen LogP contribution >= 0.6 is 11.8 Å². The highest BCUT2D eigenvalue weighted by Gasteiger charge is 2.06. The molecule has 4 heteroatoms. The smallest absolute Gasteiger partial charge is 0.258 e. The summed E-state index contributed by atoms with van der Waals surface area (Å²) in [6.45, 7) is 2.09. The summed E-state index contributed by atoms with van der Waals surface area (Å²) in [7, 11) is 0. The molecule has 2 heterocycles. The van der Waals surface area contributed by atoms with Crippen LogP contribution in [0.2, 0.25) is 0 Å². The summed E-state index contributed by atoms with van der Waals surface area (Å²) in [5.74, 6) is 0.856. The van der Waals surface area contributed by atoms with Gasteiger partial charge in [0.05, 0.1) is 0 Å². The quantitative estimate of drug-likeness (QED) is 0.668. The van der Waals surface area contributed by atoms with Gasteiger partial charge in [0, 0.05) is 11.9 Å². The van der Waals surface area contributed by atoms with E-state index in [1.54, 1.807) is 18.0 Å². The maximum atomic E-state index is 5.61. The fraction of sp³-hybridized carbons (Fsp3) is 0.143. The fourth-order valence-corrected chi connectivity index (χ4v) is 2.53. The van der Waals surface area contributed by atoms with Crippen LogP contribution in [0.5, 0.6) is 0 Å². The number of benzene rings is 1. The number of rotatable bonds is 3. The molecule has 0 radical (unpaired) electrons. The predicted octanol–water partition coefficient (Wildman–Crippen LogP) is 3.82. The molecule has 0 unspecified atom stereocenters. The molecule has 0 spiro atoms. The van der Waals surface area contributed by atoms with Crippen molar-refractivity contribution < 1.29 is 4.42 Å². The van der Waals surface area contributed by atoms with Crippen molar-refractivity contribution in [3.05, 3.63) is 53.7 Å². The van der Waals surface area contributed by atoms with Crippen LogP contribution in [0, 0.1) is 6.92 Å². The summed E-state index contributed by atoms with van der Waals surface area (Å²) < 4.78 is 5.61. The highest BCUT2D eigenvalue weighted by molar-refractivity contribution is 7.98. The predicted molar refractivity (Wildman–Crippen MR) is 72.5 cm³/mol. The van der Waals surface area contributed by atoms with Crippen LogP contribution in [0.25, 0.3) is 11.2 Å². The first-order valence-electron chi connectivity index (χ1n) is 5.71. The third-order valence-electron chi connectivity index (χ3n) is 2.59. The molecule has 0 bridgehead atoms. The van der Waals surface area contributed by atoms with Crippen LogP contribution in [-0.4, -0.2) is 9.97 Å². The first-order chi connectivity index (χ1) is 8.81. The normalized spacial score (nSPS) is 10.9. The van der Waals surface area contributed by atoms with Gasteiger partial charge in [0.2, 0.25) is 0 Å². The molecule has 3 rings (SSSR count). The zero-order valence-electron chi connectivity index (χ0n) is 9.96. The molecule has 90 valence electrons. The van der Waals surface area contributed by atoms with Gasteiger partial charge < -0.3 is 4.42 Å². The van der Waals surface area contributed by atoms with Crippen LogP contribution in [0.4, 0.5) is 0 Å². The van der Waals surface area contributed by atoms with E-state index in [-0.39, 0.29) is 0 Å². The van der Waals surface area contributed by atoms with Gasteiger partial charge in [-0.05, 0) is 24.6 Å². The van der Waals surface area contributed by atoms with Gasteiger partial charge in [0.25, 0.3) is 5.22 Å². The molecular formula is C14H12N2OS. The van der Waals surface area contributed by atoms with E-state index in [1.165, 1.54) is 11.1 Å². The van der Waals surface area contributed by atoms with Crippen molar-refractivity contribution in [3.63, 3.8) is 0 Å². The number of aryl methyl sites for hydroxylation is 1. The van der Waals surface area contributed by atoms with Crippen molar-refractivity contribution in [1.82, 2.24) is 9.97 Å². The van der Waals surface area contributed by atoms with Crippen molar-refractivity contribution in [1.29, 1.82) is 0 Å². The number of hydrogen-bond donors (Lipinski definition) is 0. The first-order valence-corrected chi connectivity index (χ1v) is 6.70. The lowest BCUT2D eigenvalue weighted by Crippen LogP contribution is -1.81. The lowest BCUT2D eigenvalue weighted by atomic mass is 10.2. The minimum absolute atomic E-state index is 0.671. The number of nitrogens with zero attached hydrogens (tertiary/aromatic N) is 2. The van der Waals surface area contributed by atoms with Crippen molar-refractivity contribution in [2.75, 3.05) is 0 Å². The maximum absolute atomic E-state index is 5.61. The molecule has 0 aliphatic heterocycles. The Hall–Kier alpha value is -1.81. The Morgan fingerprint density at radius 1 is 1.22 bits per heavy atom. The summed E-state index contributed by atoms with van der Waals surface area (Å²) in [5, 5.41) is 0.671. The van der Waals surface area contributed by atoms with E-state index in [0.29, 0.717) is 10.9 Å². The van der Waals surface area contributed by atoms with E-state index in [4.69, 9.17) is 4.42 Å². The monoisotopic (exact) mass is 256 g/mol. The van der Waals surface area contributed by atoms with Crippen molar-refractivity contribution in [2.45, 2.75) is 17.9 Å². The third-order valence-corrected chi connectivity index (χ3v) is 3.49. The molecule has 0 saturated carbocycles. The molecule has 0 atom stereocenters. The van der Waals surface area contributed by atoms with Crippen molar-refractivity contribution >= 4 is 23.0 Å². The molecule has 0 aliphatic carbocycles. The molecule has 0 saturated heterocycles. The molecular weight excluding hydrogens is 244 g/mol. The Morgan fingerprint density at radius 2 is 2.17 bits per heavy atom. The highest BCUT2D eigenvalue weighted by Crippen LogP contribution is 2.25. The minimum Gasteiger partial charge on any atom is -0.430 e. The van der Waals surface area contributed by atoms with E-state index in [9.17, 15) is 0 Å². The maximum Gasteiger partial charge on any atom is 0.258 e. The second-order valence-corrected chi connectivity index (χ2v) is 5.01. The molecule has 0 aliphatic rings. The van der Waals surface area contributed by atoms with Gasteiger partial charge in [0.1, 0.15) is 0 Å². The Kier molecular flexibility index (Phi) is 3.02. The highest BCUT2D eigenvalue weighted by atomic mass is 32.2. The molecule has 0 fully saturated rings. The molecule has 0 N–H and O–H groups in total. The molecule has 18 heavy (non-hydrogen) atoms. The zero-order chi connectivity index (χ0) is 12.4. The van der Waals surface area contributed by atoms with Gasteiger partial charge in [0.15, 0.2) is 11.2 Å². The van der Waals surface area contributed by atoms with Crippen LogP contribution in [0.3, 0.4) is 0 Å². The number of aromatic nitrogens is 2. The second-order valence-electron chi connectivity index (χ2n) is 4.08. The van der Waals surface area contributed by atoms with Crippen LogP contribution in [0.15, 0.2) is 52.2 Å². The second kappa shape index (κ2) is 4.82. The van der Waals surface area contributed by atoms with Crippen LogP contribution < -0.4 is 0 Å². The molecule has 1 aromatic carbocycles. The summed E-state index contributed by atoms with van der Waals surface area (Å²) >= 11 is 1.59. The number of oxazole rings is 1. The molecule has 0 amide bonds. The summed E-state index contributed by atoms with van der Waals surface area (Å²) in [5.41, 5.74) is 3.95. The molecule has 3 nitrogen and oxygen atoms in total.